The number of rotatable bonds is 1. The lowest BCUT2D eigenvalue weighted by molar-refractivity contribution is -0.0136. The molecule has 0 saturated heterocycles. The van der Waals surface area contributed by atoms with E-state index in [1.54, 1.807) is 0 Å². The van der Waals surface area contributed by atoms with E-state index in [-0.39, 0.29) is 5.41 Å². The highest BCUT2D eigenvalue weighted by molar-refractivity contribution is 5.00. The average Bonchev–Trinajstić information content (AvgIpc) is 2.01. The van der Waals surface area contributed by atoms with Gasteiger partial charge in [0.25, 0.3) is 0 Å². The SMILES string of the molecule is CC1CCCC(C)(C)[C@]1(C)CC#N. The maximum atomic E-state index is 8.88. The van der Waals surface area contributed by atoms with E-state index in [2.05, 4.69) is 33.8 Å². The van der Waals surface area contributed by atoms with Crippen molar-refractivity contribution < 1.29 is 0 Å². The monoisotopic (exact) mass is 179 g/mol. The van der Waals surface area contributed by atoms with Gasteiger partial charge in [-0.15, -0.1) is 0 Å². The minimum absolute atomic E-state index is 0.222. The first-order chi connectivity index (χ1) is 5.94. The van der Waals surface area contributed by atoms with E-state index in [0.717, 1.165) is 0 Å². The van der Waals surface area contributed by atoms with E-state index >= 15 is 0 Å². The average molecular weight is 179 g/mol. The molecule has 2 atom stereocenters. The van der Waals surface area contributed by atoms with Crippen molar-refractivity contribution in [2.75, 3.05) is 0 Å². The van der Waals surface area contributed by atoms with Crippen LogP contribution in [0.1, 0.15) is 53.4 Å². The molecule has 0 heterocycles. The molecule has 0 bridgehead atoms. The molecule has 1 heteroatoms. The summed E-state index contributed by atoms with van der Waals surface area (Å²) in [4.78, 5) is 0. The lowest BCUT2D eigenvalue weighted by atomic mass is 9.53. The maximum Gasteiger partial charge on any atom is 0.0627 e. The summed E-state index contributed by atoms with van der Waals surface area (Å²) in [5.41, 5.74) is 0.556. The largest absolute Gasteiger partial charge is 0.198 e. The van der Waals surface area contributed by atoms with Crippen molar-refractivity contribution in [2.24, 2.45) is 16.7 Å². The highest BCUT2D eigenvalue weighted by atomic mass is 14.5. The topological polar surface area (TPSA) is 23.8 Å². The van der Waals surface area contributed by atoms with Crippen LogP contribution in [0, 0.1) is 28.1 Å². The van der Waals surface area contributed by atoms with Crippen molar-refractivity contribution in [2.45, 2.75) is 53.4 Å². The maximum absolute atomic E-state index is 8.88. The molecule has 1 rings (SSSR count). The second kappa shape index (κ2) is 3.33. The van der Waals surface area contributed by atoms with Gasteiger partial charge in [0.2, 0.25) is 0 Å². The van der Waals surface area contributed by atoms with E-state index in [1.165, 1.54) is 19.3 Å². The van der Waals surface area contributed by atoms with Crippen molar-refractivity contribution in [3.8, 4) is 6.07 Å². The number of nitrogens with zero attached hydrogens (tertiary/aromatic N) is 1. The van der Waals surface area contributed by atoms with Crippen molar-refractivity contribution in [3.05, 3.63) is 0 Å². The second-order valence-corrected chi connectivity index (χ2v) is 5.43. The Bertz CT molecular complexity index is 224. The summed E-state index contributed by atoms with van der Waals surface area (Å²) in [6.07, 6.45) is 4.60. The Labute approximate surface area is 82.1 Å². The molecule has 1 unspecified atom stereocenters. The molecule has 1 fully saturated rings. The third-order valence-electron chi connectivity index (χ3n) is 4.52. The Morgan fingerprint density at radius 1 is 1.38 bits per heavy atom. The van der Waals surface area contributed by atoms with E-state index in [1.807, 2.05) is 0 Å². The molecule has 0 N–H and O–H groups in total. The molecule has 0 aliphatic heterocycles. The summed E-state index contributed by atoms with van der Waals surface area (Å²) in [6.45, 7) is 9.23. The summed E-state index contributed by atoms with van der Waals surface area (Å²) in [5.74, 6) is 0.691. The molecule has 0 aromatic rings. The first-order valence-corrected chi connectivity index (χ1v) is 5.31. The molecular weight excluding hydrogens is 158 g/mol. The summed E-state index contributed by atoms with van der Waals surface area (Å²) in [5, 5.41) is 8.88. The van der Waals surface area contributed by atoms with Crippen molar-refractivity contribution >= 4 is 0 Å². The summed E-state index contributed by atoms with van der Waals surface area (Å²) >= 11 is 0. The summed E-state index contributed by atoms with van der Waals surface area (Å²) < 4.78 is 0. The smallest absolute Gasteiger partial charge is 0.0627 e. The van der Waals surface area contributed by atoms with Crippen LogP contribution in [0.4, 0.5) is 0 Å². The molecule has 1 aliphatic carbocycles. The van der Waals surface area contributed by atoms with E-state index in [4.69, 9.17) is 5.26 Å². The van der Waals surface area contributed by atoms with Crippen LogP contribution < -0.4 is 0 Å². The van der Waals surface area contributed by atoms with Crippen LogP contribution in [0.15, 0.2) is 0 Å². The van der Waals surface area contributed by atoms with E-state index < -0.39 is 0 Å². The van der Waals surface area contributed by atoms with Gasteiger partial charge in [0, 0.05) is 6.42 Å². The lowest BCUT2D eigenvalue weighted by Gasteiger charge is -2.51. The Morgan fingerprint density at radius 3 is 2.46 bits per heavy atom. The van der Waals surface area contributed by atoms with Crippen molar-refractivity contribution in [1.29, 1.82) is 5.26 Å². The van der Waals surface area contributed by atoms with Gasteiger partial charge in [0.05, 0.1) is 6.07 Å². The van der Waals surface area contributed by atoms with Gasteiger partial charge in [-0.25, -0.2) is 0 Å². The Hall–Kier alpha value is -0.510. The lowest BCUT2D eigenvalue weighted by Crippen LogP contribution is -2.43. The Balaban J connectivity index is 2.92. The number of hydrogen-bond acceptors (Lipinski definition) is 1. The predicted molar refractivity (Wildman–Crippen MR) is 55.1 cm³/mol. The first-order valence-electron chi connectivity index (χ1n) is 5.31. The van der Waals surface area contributed by atoms with Crippen LogP contribution in [0.3, 0.4) is 0 Å². The van der Waals surface area contributed by atoms with E-state index in [0.29, 0.717) is 17.8 Å². The molecule has 13 heavy (non-hydrogen) atoms. The van der Waals surface area contributed by atoms with Gasteiger partial charge in [-0.1, -0.05) is 40.5 Å². The van der Waals surface area contributed by atoms with Gasteiger partial charge in [0.15, 0.2) is 0 Å². The standard InChI is InChI=1S/C12H21N/c1-10-6-5-7-11(2,3)12(10,4)8-9-13/h10H,5-8H2,1-4H3/t10?,12-/m1/s1. The van der Waals surface area contributed by atoms with Gasteiger partial charge in [-0.05, 0) is 23.2 Å². The molecule has 1 aliphatic rings. The van der Waals surface area contributed by atoms with Crippen LogP contribution in [-0.2, 0) is 0 Å². The van der Waals surface area contributed by atoms with Gasteiger partial charge in [-0.3, -0.25) is 0 Å². The minimum atomic E-state index is 0.222. The second-order valence-electron chi connectivity index (χ2n) is 5.43. The van der Waals surface area contributed by atoms with Gasteiger partial charge in [-0.2, -0.15) is 5.26 Å². The van der Waals surface area contributed by atoms with Crippen LogP contribution in [0.2, 0.25) is 0 Å². The molecule has 1 nitrogen and oxygen atoms in total. The molecule has 74 valence electrons. The molecule has 1 saturated carbocycles. The summed E-state index contributed by atoms with van der Waals surface area (Å²) in [6, 6.07) is 2.36. The molecule has 0 radical (unpaired) electrons. The first kappa shape index (κ1) is 10.6. The Morgan fingerprint density at radius 2 is 2.00 bits per heavy atom. The number of hydrogen-bond donors (Lipinski definition) is 0. The minimum Gasteiger partial charge on any atom is -0.198 e. The fraction of sp³-hybridized carbons (Fsp3) is 0.917. The normalized spacial score (nSPS) is 38.2. The zero-order chi connectivity index (χ0) is 10.1. The van der Waals surface area contributed by atoms with Crippen LogP contribution in [0.25, 0.3) is 0 Å². The zero-order valence-electron chi connectivity index (χ0n) is 9.35. The van der Waals surface area contributed by atoms with Crippen molar-refractivity contribution in [1.82, 2.24) is 0 Å². The molecule has 0 aromatic carbocycles. The van der Waals surface area contributed by atoms with Crippen LogP contribution in [0.5, 0.6) is 0 Å². The van der Waals surface area contributed by atoms with Crippen LogP contribution >= 0.6 is 0 Å². The molecule has 0 aromatic heterocycles. The highest BCUT2D eigenvalue weighted by Gasteiger charge is 2.46. The van der Waals surface area contributed by atoms with Gasteiger partial charge in [0.1, 0.15) is 0 Å². The van der Waals surface area contributed by atoms with Crippen molar-refractivity contribution in [3.63, 3.8) is 0 Å². The third-order valence-corrected chi connectivity index (χ3v) is 4.52. The van der Waals surface area contributed by atoms with Gasteiger partial charge >= 0.3 is 0 Å². The quantitative estimate of drug-likeness (QED) is 0.601. The molecule has 0 amide bonds. The fourth-order valence-corrected chi connectivity index (χ4v) is 2.70. The predicted octanol–water partition coefficient (Wildman–Crippen LogP) is 3.75. The van der Waals surface area contributed by atoms with Crippen LogP contribution in [-0.4, -0.2) is 0 Å². The fourth-order valence-electron chi connectivity index (χ4n) is 2.70. The Kier molecular flexibility index (Phi) is 2.71. The van der Waals surface area contributed by atoms with Gasteiger partial charge < -0.3 is 0 Å². The molecular formula is C12H21N. The third kappa shape index (κ3) is 1.59. The number of nitriles is 1. The molecule has 0 spiro atoms. The zero-order valence-corrected chi connectivity index (χ0v) is 9.35. The van der Waals surface area contributed by atoms with E-state index in [9.17, 15) is 0 Å². The summed E-state index contributed by atoms with van der Waals surface area (Å²) in [7, 11) is 0. The highest BCUT2D eigenvalue weighted by Crippen LogP contribution is 2.54.